The molecule has 0 aromatic heterocycles. The second-order valence-corrected chi connectivity index (χ2v) is 16.3. The van der Waals surface area contributed by atoms with Crippen LogP contribution in [0.3, 0.4) is 0 Å². The first-order valence-corrected chi connectivity index (χ1v) is 20.7. The molecule has 0 atom stereocenters. The number of benzene rings is 2. The molecule has 0 bridgehead atoms. The Kier molecular flexibility index (Phi) is 19.6. The maximum Gasteiger partial charge on any atom is -0.0547 e. The van der Waals surface area contributed by atoms with E-state index in [1.54, 1.807) is 24.3 Å². The molecule has 2 aromatic carbocycles. The van der Waals surface area contributed by atoms with Gasteiger partial charge in [0.25, 0.3) is 0 Å². The van der Waals surface area contributed by atoms with E-state index in [-0.39, 0.29) is 33.5 Å². The van der Waals surface area contributed by atoms with Crippen LogP contribution in [0.5, 0.6) is 11.5 Å². The minimum absolute atomic E-state index is 0.0441. The smallest absolute Gasteiger partial charge is 0.0547 e. The number of carboxylic acids is 2. The number of para-hydroxylation sites is 2. The molecule has 11 heteroatoms. The minimum Gasteiger partial charge on any atom is -0.675 e. The molecule has 4 rings (SSSR count). The van der Waals surface area contributed by atoms with E-state index in [0.717, 1.165) is 25.7 Å². The molecule has 2 saturated carbocycles. The Morgan fingerprint density at radius 1 is 0.674 bits per heavy atom. The van der Waals surface area contributed by atoms with E-state index < -0.39 is 32.8 Å². The number of hydrogen-bond acceptors (Lipinski definition) is 4. The topological polar surface area (TPSA) is 163 Å². The number of hydrogen-bond donors (Lipinski definition) is 4. The van der Waals surface area contributed by atoms with Crippen molar-refractivity contribution in [2.45, 2.75) is 116 Å². The third-order valence-corrected chi connectivity index (χ3v) is 6.86. The van der Waals surface area contributed by atoms with Crippen molar-refractivity contribution >= 4 is 29.0 Å². The van der Waals surface area contributed by atoms with Crippen LogP contribution >= 0.6 is 17.0 Å². The predicted molar refractivity (Wildman–Crippen MR) is 172 cm³/mol. The Hall–Kier alpha value is -1.64. The minimum atomic E-state index is -1.10. The molecular weight excluding hydrogens is 670 g/mol. The number of carbonyl (C=O) groups is 2. The Morgan fingerprint density at radius 2 is 0.930 bits per heavy atom. The predicted octanol–water partition coefficient (Wildman–Crippen LogP) is 10.1. The Morgan fingerprint density at radius 3 is 1.09 bits per heavy atom. The number of carboxylic acid groups (broad SMARTS) is 2. The summed E-state index contributed by atoms with van der Waals surface area (Å²) in [5.74, 6) is -2.47. The standard InChI is InChI=1S/2C11H14O3.2C5H10N.2ClH.Zr/c2*1-11(2,3)8-6-4-5-7(9(8)12)10(13)14;2*6-5-3-1-2-4-5;;;/h2*4-6,12H,1-3H3,(H,13,14);2*5-6H,1-4H2;2*1H;/q;;2*-1;;;+4/p-2. The SMILES string of the molecule is CC(C)(C)c1cccc(C(=O)O)c1O.CC(C)(C)c1cccc(C(=O)O)c1O.[Cl][Zr+2][Cl].[NH-]C1CCCC1.[NH-]C1CCCC1. The van der Waals surface area contributed by atoms with Gasteiger partial charge in [0.1, 0.15) is 22.6 Å². The molecule has 0 amide bonds. The maximum absolute atomic E-state index is 10.7. The van der Waals surface area contributed by atoms with Crippen LogP contribution in [0.4, 0.5) is 0 Å². The summed E-state index contributed by atoms with van der Waals surface area (Å²) in [6, 6.07) is 10.1. The quantitative estimate of drug-likeness (QED) is 0.241. The second kappa shape index (κ2) is 20.4. The van der Waals surface area contributed by atoms with Gasteiger partial charge in [0.15, 0.2) is 0 Å². The van der Waals surface area contributed by atoms with Gasteiger partial charge in [-0.25, -0.2) is 9.59 Å². The van der Waals surface area contributed by atoms with Gasteiger partial charge in [0.2, 0.25) is 0 Å². The first kappa shape index (κ1) is 41.4. The molecule has 0 heterocycles. The summed E-state index contributed by atoms with van der Waals surface area (Å²) in [5, 5.41) is 37.0. The summed E-state index contributed by atoms with van der Waals surface area (Å²) >= 11 is -0.826. The number of aromatic carboxylic acids is 2. The molecule has 0 aliphatic heterocycles. The van der Waals surface area contributed by atoms with Crippen LogP contribution in [0.25, 0.3) is 11.5 Å². The third-order valence-electron chi connectivity index (χ3n) is 6.86. The molecule has 0 spiro atoms. The number of aromatic hydroxyl groups is 2. The van der Waals surface area contributed by atoms with Crippen LogP contribution < -0.4 is 0 Å². The number of phenols is 2. The van der Waals surface area contributed by atoms with Gasteiger partial charge in [-0.3, -0.25) is 0 Å². The van der Waals surface area contributed by atoms with Crippen molar-refractivity contribution in [3.63, 3.8) is 0 Å². The van der Waals surface area contributed by atoms with Crippen molar-refractivity contribution < 1.29 is 50.9 Å². The van der Waals surface area contributed by atoms with Gasteiger partial charge in [-0.15, -0.1) is 12.1 Å². The summed E-state index contributed by atoms with van der Waals surface area (Å²) in [6.07, 6.45) is 9.81. The van der Waals surface area contributed by atoms with Gasteiger partial charge in [-0.05, 0) is 23.0 Å². The molecule has 8 nitrogen and oxygen atoms in total. The monoisotopic (exact) mass is 716 g/mol. The molecule has 2 fully saturated rings. The van der Waals surface area contributed by atoms with E-state index in [0.29, 0.717) is 23.2 Å². The van der Waals surface area contributed by atoms with Gasteiger partial charge < -0.3 is 31.9 Å². The summed E-state index contributed by atoms with van der Waals surface area (Å²) < 4.78 is 0. The average molecular weight is 719 g/mol. The largest absolute Gasteiger partial charge is 0.675 e. The van der Waals surface area contributed by atoms with Gasteiger partial charge in [0, 0.05) is 11.1 Å². The molecule has 0 saturated heterocycles. The molecule has 2 aliphatic rings. The second-order valence-electron chi connectivity index (χ2n) is 12.5. The van der Waals surface area contributed by atoms with Gasteiger partial charge in [0.05, 0.1) is 0 Å². The zero-order valence-corrected chi connectivity index (χ0v) is 30.1. The average Bonchev–Trinajstić information content (AvgIpc) is 3.57. The maximum atomic E-state index is 10.7. The van der Waals surface area contributed by atoms with Crippen LogP contribution in [0, 0.1) is 0 Å². The van der Waals surface area contributed by atoms with Crippen LogP contribution in [-0.4, -0.2) is 44.4 Å². The summed E-state index contributed by atoms with van der Waals surface area (Å²) in [4.78, 5) is 21.5. The van der Waals surface area contributed by atoms with Crippen LogP contribution in [-0.2, 0) is 31.7 Å². The fraction of sp³-hybridized carbons (Fsp3) is 0.562. The Bertz CT molecular complexity index is 1040. The van der Waals surface area contributed by atoms with E-state index in [1.807, 2.05) is 41.5 Å². The molecule has 240 valence electrons. The van der Waals surface area contributed by atoms with Gasteiger partial charge >= 0.3 is 49.8 Å². The first-order valence-electron chi connectivity index (χ1n) is 14.4. The van der Waals surface area contributed by atoms with E-state index in [1.165, 1.54) is 37.8 Å². The summed E-state index contributed by atoms with van der Waals surface area (Å²) in [5.41, 5.74) is 15.0. The first-order chi connectivity index (χ1) is 19.9. The molecule has 0 unspecified atom stereocenters. The normalized spacial score (nSPS) is 14.7. The summed E-state index contributed by atoms with van der Waals surface area (Å²) in [7, 11) is 9.87. The molecule has 6 N–H and O–H groups in total. The van der Waals surface area contributed by atoms with Crippen LogP contribution in [0.2, 0.25) is 0 Å². The number of halogens is 2. The molecular formula is C32H48Cl2N2O6Zr. The molecule has 2 aliphatic carbocycles. The Labute approximate surface area is 275 Å². The van der Waals surface area contributed by atoms with E-state index in [2.05, 4.69) is 0 Å². The van der Waals surface area contributed by atoms with Crippen molar-refractivity contribution in [3.8, 4) is 11.5 Å². The van der Waals surface area contributed by atoms with Crippen molar-refractivity contribution in [1.82, 2.24) is 0 Å². The zero-order chi connectivity index (χ0) is 33.4. The Balaban J connectivity index is 0.000000563. The van der Waals surface area contributed by atoms with Crippen molar-refractivity contribution in [1.29, 1.82) is 0 Å². The van der Waals surface area contributed by atoms with Crippen LogP contribution in [0.15, 0.2) is 36.4 Å². The molecule has 0 radical (unpaired) electrons. The van der Waals surface area contributed by atoms with E-state index in [4.69, 9.17) is 38.7 Å². The van der Waals surface area contributed by atoms with E-state index >= 15 is 0 Å². The number of rotatable bonds is 2. The fourth-order valence-corrected chi connectivity index (χ4v) is 4.49. The fourth-order valence-electron chi connectivity index (χ4n) is 4.49. The van der Waals surface area contributed by atoms with Crippen LogP contribution in [0.1, 0.15) is 125 Å². The zero-order valence-electron chi connectivity index (χ0n) is 26.1. The van der Waals surface area contributed by atoms with Crippen molar-refractivity contribution in [2.75, 3.05) is 0 Å². The van der Waals surface area contributed by atoms with Gasteiger partial charge in [-0.2, -0.15) is 0 Å². The third kappa shape index (κ3) is 16.3. The van der Waals surface area contributed by atoms with Crippen molar-refractivity contribution in [3.05, 3.63) is 70.1 Å². The molecule has 43 heavy (non-hydrogen) atoms. The molecule has 2 aromatic rings. The van der Waals surface area contributed by atoms with Gasteiger partial charge in [-0.1, -0.05) is 117 Å². The van der Waals surface area contributed by atoms with E-state index in [9.17, 15) is 19.8 Å². The van der Waals surface area contributed by atoms with Crippen molar-refractivity contribution in [2.24, 2.45) is 0 Å². The number of nitrogens with one attached hydrogen (secondary N) is 2. The summed E-state index contributed by atoms with van der Waals surface area (Å²) in [6.45, 7) is 11.5.